The number of ether oxygens (including phenoxy) is 2. The molecule has 0 unspecified atom stereocenters. The first-order valence-electron chi connectivity index (χ1n) is 6.39. The van der Waals surface area contributed by atoms with Gasteiger partial charge in [0.15, 0.2) is 11.5 Å². The molecule has 0 atom stereocenters. The summed E-state index contributed by atoms with van der Waals surface area (Å²) in [5.41, 5.74) is 4.32. The Morgan fingerprint density at radius 2 is 1.77 bits per heavy atom. The number of hydrogen-bond donors (Lipinski definition) is 1. The second kappa shape index (κ2) is 7.07. The van der Waals surface area contributed by atoms with Crippen molar-refractivity contribution in [3.63, 3.8) is 0 Å². The van der Waals surface area contributed by atoms with E-state index in [2.05, 4.69) is 10.5 Å². The summed E-state index contributed by atoms with van der Waals surface area (Å²) in [5.74, 6) is 1.25. The van der Waals surface area contributed by atoms with Gasteiger partial charge >= 0.3 is 0 Å². The van der Waals surface area contributed by atoms with Crippen molar-refractivity contribution < 1.29 is 14.4 Å². The number of nitrogens with zero attached hydrogens (tertiary/aromatic N) is 2. The Hall–Kier alpha value is -3.09. The summed E-state index contributed by atoms with van der Waals surface area (Å²) in [6.07, 6.45) is 1.61. The summed E-state index contributed by atoms with van der Waals surface area (Å²) in [6, 6.07) is 11.4. The number of hydrazone groups is 1. The van der Waals surface area contributed by atoms with E-state index < -0.39 is 4.92 Å². The molecule has 0 aliphatic carbocycles. The summed E-state index contributed by atoms with van der Waals surface area (Å²) in [5, 5.41) is 14.6. The van der Waals surface area contributed by atoms with Crippen molar-refractivity contribution in [3.8, 4) is 11.5 Å². The minimum atomic E-state index is -0.448. The van der Waals surface area contributed by atoms with Crippen LogP contribution in [0.25, 0.3) is 0 Å². The molecule has 0 fully saturated rings. The zero-order valence-electron chi connectivity index (χ0n) is 12.1. The Morgan fingerprint density at radius 1 is 1.09 bits per heavy atom. The van der Waals surface area contributed by atoms with Crippen molar-refractivity contribution in [3.05, 3.63) is 58.1 Å². The van der Waals surface area contributed by atoms with Crippen LogP contribution in [0.5, 0.6) is 11.5 Å². The molecule has 2 aromatic carbocycles. The topological polar surface area (TPSA) is 86.0 Å². The standard InChI is InChI=1S/C15H15N3O4/c1-21-14-8-3-11(9-15(14)22-2)10-16-17-12-4-6-13(7-5-12)18(19)20/h3-10,17H,1-2H3. The van der Waals surface area contributed by atoms with E-state index in [9.17, 15) is 10.1 Å². The zero-order chi connectivity index (χ0) is 15.9. The van der Waals surface area contributed by atoms with Crippen LogP contribution in [0, 0.1) is 10.1 Å². The number of anilines is 1. The molecule has 0 aromatic heterocycles. The lowest BCUT2D eigenvalue weighted by molar-refractivity contribution is -0.384. The molecule has 0 bridgehead atoms. The zero-order valence-corrected chi connectivity index (χ0v) is 12.1. The first-order valence-corrected chi connectivity index (χ1v) is 6.39. The molecule has 22 heavy (non-hydrogen) atoms. The van der Waals surface area contributed by atoms with Crippen LogP contribution in [0.1, 0.15) is 5.56 Å². The lowest BCUT2D eigenvalue weighted by Gasteiger charge is -2.07. The third-order valence-corrected chi connectivity index (χ3v) is 2.89. The fourth-order valence-corrected chi connectivity index (χ4v) is 1.77. The van der Waals surface area contributed by atoms with Crippen LogP contribution >= 0.6 is 0 Å². The minimum Gasteiger partial charge on any atom is -0.493 e. The summed E-state index contributed by atoms with van der Waals surface area (Å²) < 4.78 is 10.4. The van der Waals surface area contributed by atoms with Gasteiger partial charge in [-0.3, -0.25) is 15.5 Å². The van der Waals surface area contributed by atoms with E-state index in [0.29, 0.717) is 17.2 Å². The van der Waals surface area contributed by atoms with E-state index >= 15 is 0 Å². The normalized spacial score (nSPS) is 10.5. The van der Waals surface area contributed by atoms with E-state index in [1.165, 1.54) is 12.1 Å². The number of methoxy groups -OCH3 is 2. The Morgan fingerprint density at radius 3 is 2.36 bits per heavy atom. The molecule has 0 heterocycles. The molecule has 7 nitrogen and oxygen atoms in total. The number of non-ortho nitro benzene ring substituents is 1. The Balaban J connectivity index is 2.04. The highest BCUT2D eigenvalue weighted by Crippen LogP contribution is 2.26. The van der Waals surface area contributed by atoms with Crippen LogP contribution in [-0.4, -0.2) is 25.4 Å². The quantitative estimate of drug-likeness (QED) is 0.503. The van der Waals surface area contributed by atoms with Crippen molar-refractivity contribution in [2.24, 2.45) is 5.10 Å². The lowest BCUT2D eigenvalue weighted by atomic mass is 10.2. The Kier molecular flexibility index (Phi) is 4.92. The average molecular weight is 301 g/mol. The molecule has 114 valence electrons. The predicted octanol–water partition coefficient (Wildman–Crippen LogP) is 3.06. The van der Waals surface area contributed by atoms with Gasteiger partial charge in [-0.2, -0.15) is 5.10 Å². The summed E-state index contributed by atoms with van der Waals surface area (Å²) >= 11 is 0. The third kappa shape index (κ3) is 3.72. The molecule has 2 aromatic rings. The SMILES string of the molecule is COc1ccc(C=NNc2ccc([N+](=O)[O-])cc2)cc1OC. The van der Waals surface area contributed by atoms with Crippen molar-refractivity contribution in [1.29, 1.82) is 0 Å². The molecule has 0 aliphatic heterocycles. The van der Waals surface area contributed by atoms with Gasteiger partial charge < -0.3 is 9.47 Å². The maximum atomic E-state index is 10.6. The fourth-order valence-electron chi connectivity index (χ4n) is 1.77. The van der Waals surface area contributed by atoms with Gasteiger partial charge in [-0.1, -0.05) is 0 Å². The van der Waals surface area contributed by atoms with Gasteiger partial charge in [-0.15, -0.1) is 0 Å². The molecule has 0 amide bonds. The number of hydrogen-bond acceptors (Lipinski definition) is 6. The third-order valence-electron chi connectivity index (χ3n) is 2.89. The smallest absolute Gasteiger partial charge is 0.269 e. The second-order valence-corrected chi connectivity index (χ2v) is 4.29. The Bertz CT molecular complexity index is 684. The van der Waals surface area contributed by atoms with Crippen LogP contribution in [0.15, 0.2) is 47.6 Å². The number of nitro benzene ring substituents is 1. The van der Waals surface area contributed by atoms with Gasteiger partial charge in [0.2, 0.25) is 0 Å². The molecule has 0 saturated carbocycles. The molecule has 0 spiro atoms. The maximum Gasteiger partial charge on any atom is 0.269 e. The number of nitro groups is 1. The van der Waals surface area contributed by atoms with Gasteiger partial charge in [-0.05, 0) is 35.9 Å². The maximum absolute atomic E-state index is 10.6. The van der Waals surface area contributed by atoms with Crippen molar-refractivity contribution in [2.75, 3.05) is 19.6 Å². The van der Waals surface area contributed by atoms with E-state index in [-0.39, 0.29) is 5.69 Å². The highest BCUT2D eigenvalue weighted by molar-refractivity contribution is 5.81. The number of nitrogens with one attached hydrogen (secondary N) is 1. The van der Waals surface area contributed by atoms with Crippen LogP contribution in [0.4, 0.5) is 11.4 Å². The van der Waals surface area contributed by atoms with Crippen LogP contribution < -0.4 is 14.9 Å². The molecule has 7 heteroatoms. The van der Waals surface area contributed by atoms with E-state index in [0.717, 1.165) is 5.56 Å². The molecule has 0 saturated heterocycles. The average Bonchev–Trinajstić information content (AvgIpc) is 2.55. The van der Waals surface area contributed by atoms with Gasteiger partial charge in [0, 0.05) is 12.1 Å². The second-order valence-electron chi connectivity index (χ2n) is 4.29. The summed E-state index contributed by atoms with van der Waals surface area (Å²) in [4.78, 5) is 10.1. The predicted molar refractivity (Wildman–Crippen MR) is 83.9 cm³/mol. The van der Waals surface area contributed by atoms with Gasteiger partial charge in [0.1, 0.15) is 0 Å². The van der Waals surface area contributed by atoms with Crippen molar-refractivity contribution in [1.82, 2.24) is 0 Å². The monoisotopic (exact) mass is 301 g/mol. The van der Waals surface area contributed by atoms with Gasteiger partial charge in [0.25, 0.3) is 5.69 Å². The summed E-state index contributed by atoms with van der Waals surface area (Å²) in [6.45, 7) is 0. The van der Waals surface area contributed by atoms with Crippen molar-refractivity contribution >= 4 is 17.6 Å². The highest BCUT2D eigenvalue weighted by atomic mass is 16.6. The molecular weight excluding hydrogens is 286 g/mol. The van der Waals surface area contributed by atoms with Crippen LogP contribution in [0.3, 0.4) is 0 Å². The van der Waals surface area contributed by atoms with Crippen LogP contribution in [-0.2, 0) is 0 Å². The number of rotatable bonds is 6. The van der Waals surface area contributed by atoms with E-state index in [4.69, 9.17) is 9.47 Å². The summed E-state index contributed by atoms with van der Waals surface area (Å²) in [7, 11) is 3.13. The minimum absolute atomic E-state index is 0.0365. The first-order chi connectivity index (χ1) is 10.6. The highest BCUT2D eigenvalue weighted by Gasteiger charge is 2.04. The molecule has 2 rings (SSSR count). The number of benzene rings is 2. The van der Waals surface area contributed by atoms with E-state index in [1.807, 2.05) is 6.07 Å². The Labute approximate surface area is 127 Å². The van der Waals surface area contributed by atoms with Gasteiger partial charge in [0.05, 0.1) is 31.0 Å². The fraction of sp³-hybridized carbons (Fsp3) is 0.133. The largest absolute Gasteiger partial charge is 0.493 e. The van der Waals surface area contributed by atoms with E-state index in [1.54, 1.807) is 44.7 Å². The first kappa shape index (κ1) is 15.3. The lowest BCUT2D eigenvalue weighted by Crippen LogP contribution is -1.94. The molecule has 0 radical (unpaired) electrons. The molecule has 1 N–H and O–H groups in total. The molecule has 0 aliphatic rings. The van der Waals surface area contributed by atoms with Gasteiger partial charge in [-0.25, -0.2) is 0 Å². The molecular formula is C15H15N3O4. The van der Waals surface area contributed by atoms with Crippen LogP contribution in [0.2, 0.25) is 0 Å². The van der Waals surface area contributed by atoms with Crippen molar-refractivity contribution in [2.45, 2.75) is 0 Å².